The van der Waals surface area contributed by atoms with Gasteiger partial charge in [0.2, 0.25) is 5.91 Å². The number of nitrogens with zero attached hydrogens (tertiary/aromatic N) is 6. The van der Waals surface area contributed by atoms with Crippen molar-refractivity contribution in [2.75, 3.05) is 26.2 Å². The van der Waals surface area contributed by atoms with E-state index in [0.717, 1.165) is 17.7 Å². The molecule has 3 aliphatic heterocycles. The Morgan fingerprint density at radius 3 is 2.73 bits per heavy atom. The minimum atomic E-state index is -0.779. The molecule has 9 heteroatoms. The van der Waals surface area contributed by atoms with E-state index in [1.54, 1.807) is 12.7 Å². The summed E-state index contributed by atoms with van der Waals surface area (Å²) < 4.78 is 17.2. The van der Waals surface area contributed by atoms with Gasteiger partial charge in [-0.3, -0.25) is 14.5 Å². The van der Waals surface area contributed by atoms with Crippen LogP contribution in [-0.2, 0) is 24.4 Å². The minimum Gasteiger partial charge on any atom is -0.342 e. The number of piperidine rings is 1. The lowest BCUT2D eigenvalue weighted by atomic mass is 9.83. The Balaban J connectivity index is 1.28. The highest BCUT2D eigenvalue weighted by molar-refractivity contribution is 5.76. The van der Waals surface area contributed by atoms with Crippen LogP contribution >= 0.6 is 0 Å². The normalized spacial score (nSPS) is 26.0. The van der Waals surface area contributed by atoms with E-state index in [2.05, 4.69) is 10.2 Å². The zero-order valence-corrected chi connectivity index (χ0v) is 17.0. The number of alkyl halides is 1. The molecule has 160 valence electrons. The van der Waals surface area contributed by atoms with Crippen LogP contribution < -0.4 is 5.56 Å². The smallest absolute Gasteiger partial charge is 0.255 e. The summed E-state index contributed by atoms with van der Waals surface area (Å²) in [4.78, 5) is 29.8. The molecule has 3 atom stereocenters. The number of amides is 1. The van der Waals surface area contributed by atoms with Crippen LogP contribution in [0.3, 0.4) is 0 Å². The molecular weight excluding hydrogens is 387 g/mol. The summed E-state index contributed by atoms with van der Waals surface area (Å²) in [6, 6.07) is 3.96. The number of rotatable bonds is 5. The minimum absolute atomic E-state index is 0.0527. The van der Waals surface area contributed by atoms with E-state index in [4.69, 9.17) is 0 Å². The van der Waals surface area contributed by atoms with E-state index in [-0.39, 0.29) is 17.4 Å². The fourth-order valence-electron chi connectivity index (χ4n) is 5.21. The van der Waals surface area contributed by atoms with Crippen molar-refractivity contribution in [1.82, 2.24) is 29.1 Å². The first kappa shape index (κ1) is 19.4. The first-order valence-corrected chi connectivity index (χ1v) is 10.8. The average Bonchev–Trinajstić information content (AvgIpc) is 3.40. The van der Waals surface area contributed by atoms with Crippen LogP contribution in [-0.4, -0.2) is 67.4 Å². The van der Waals surface area contributed by atoms with E-state index in [1.165, 1.54) is 0 Å². The molecule has 0 spiro atoms. The van der Waals surface area contributed by atoms with Crippen LogP contribution in [0.15, 0.2) is 29.6 Å². The Kier molecular flexibility index (Phi) is 5.14. The number of carbonyl (C=O) groups excluding carboxylic acids is 1. The van der Waals surface area contributed by atoms with Gasteiger partial charge in [0.15, 0.2) is 0 Å². The molecule has 0 radical (unpaired) electrons. The van der Waals surface area contributed by atoms with Crippen molar-refractivity contribution in [3.05, 3.63) is 46.4 Å². The zero-order chi connectivity index (χ0) is 20.7. The monoisotopic (exact) mass is 414 g/mol. The van der Waals surface area contributed by atoms with Gasteiger partial charge < -0.3 is 14.0 Å². The summed E-state index contributed by atoms with van der Waals surface area (Å²) >= 11 is 0. The molecule has 3 aliphatic rings. The molecule has 2 aromatic rings. The van der Waals surface area contributed by atoms with E-state index >= 15 is 0 Å². The second-order valence-corrected chi connectivity index (χ2v) is 8.87. The van der Waals surface area contributed by atoms with E-state index in [9.17, 15) is 14.0 Å². The van der Waals surface area contributed by atoms with Gasteiger partial charge in [-0.1, -0.05) is 6.07 Å². The van der Waals surface area contributed by atoms with Gasteiger partial charge in [-0.15, -0.1) is 10.2 Å². The molecule has 5 heterocycles. The summed E-state index contributed by atoms with van der Waals surface area (Å²) in [7, 11) is 0. The van der Waals surface area contributed by atoms with Gasteiger partial charge in [0, 0.05) is 69.4 Å². The largest absolute Gasteiger partial charge is 0.342 e. The van der Waals surface area contributed by atoms with Crippen LogP contribution in [0.4, 0.5) is 4.39 Å². The van der Waals surface area contributed by atoms with Gasteiger partial charge in [0.25, 0.3) is 5.56 Å². The van der Waals surface area contributed by atoms with Crippen molar-refractivity contribution in [2.45, 2.75) is 51.0 Å². The number of pyridine rings is 1. The van der Waals surface area contributed by atoms with Crippen molar-refractivity contribution in [3.8, 4) is 0 Å². The Morgan fingerprint density at radius 1 is 1.13 bits per heavy atom. The van der Waals surface area contributed by atoms with Crippen LogP contribution in [0.1, 0.15) is 36.4 Å². The maximum absolute atomic E-state index is 13.5. The van der Waals surface area contributed by atoms with Crippen molar-refractivity contribution in [1.29, 1.82) is 0 Å². The molecule has 0 N–H and O–H groups in total. The standard InChI is InChI=1S/C21H27FN6O2/c22-18-3-5-25(12-18)10-16-1-2-19-17-7-15(9-28(19)21(16)30)8-27(11-17)20(29)4-6-26-13-23-24-14-26/h1-2,13-15,17-18H,3-12H2/t15-,17+,18-/m0/s1. The Labute approximate surface area is 174 Å². The van der Waals surface area contributed by atoms with Crippen LogP contribution in [0.2, 0.25) is 0 Å². The molecule has 2 aromatic heterocycles. The van der Waals surface area contributed by atoms with Crippen LogP contribution in [0.5, 0.6) is 0 Å². The Bertz CT molecular complexity index is 974. The fraction of sp³-hybridized carbons (Fsp3) is 0.619. The number of fused-ring (bicyclic) bond motifs is 4. The summed E-state index contributed by atoms with van der Waals surface area (Å²) in [6.45, 7) is 4.23. The fourth-order valence-corrected chi connectivity index (χ4v) is 5.21. The molecule has 0 aromatic carbocycles. The molecule has 2 saturated heterocycles. The quantitative estimate of drug-likeness (QED) is 0.730. The molecule has 2 fully saturated rings. The second-order valence-electron chi connectivity index (χ2n) is 8.87. The summed E-state index contributed by atoms with van der Waals surface area (Å²) in [5.41, 5.74) is 1.83. The molecule has 5 rings (SSSR count). The highest BCUT2D eigenvalue weighted by Gasteiger charge is 2.36. The third kappa shape index (κ3) is 3.78. The maximum atomic E-state index is 13.5. The lowest BCUT2D eigenvalue weighted by molar-refractivity contribution is -0.134. The number of likely N-dealkylation sites (tertiary alicyclic amines) is 2. The van der Waals surface area contributed by atoms with Crippen molar-refractivity contribution in [2.24, 2.45) is 5.92 Å². The Morgan fingerprint density at radius 2 is 1.97 bits per heavy atom. The third-order valence-corrected chi connectivity index (χ3v) is 6.70. The number of carbonyl (C=O) groups is 1. The predicted octanol–water partition coefficient (Wildman–Crippen LogP) is 1.02. The number of hydrogen-bond donors (Lipinski definition) is 0. The topological polar surface area (TPSA) is 76.3 Å². The van der Waals surface area contributed by atoms with Gasteiger partial charge in [-0.05, 0) is 24.8 Å². The zero-order valence-electron chi connectivity index (χ0n) is 17.0. The first-order valence-electron chi connectivity index (χ1n) is 10.8. The molecule has 8 nitrogen and oxygen atoms in total. The molecule has 0 saturated carbocycles. The van der Waals surface area contributed by atoms with Gasteiger partial charge in [-0.25, -0.2) is 4.39 Å². The molecular formula is C21H27FN6O2. The number of aryl methyl sites for hydroxylation is 1. The lowest BCUT2D eigenvalue weighted by Crippen LogP contribution is -2.49. The van der Waals surface area contributed by atoms with Crippen molar-refractivity contribution < 1.29 is 9.18 Å². The summed E-state index contributed by atoms with van der Waals surface area (Å²) in [5, 5.41) is 7.54. The second kappa shape index (κ2) is 7.94. The first-order chi connectivity index (χ1) is 14.6. The molecule has 1 amide bonds. The number of hydrogen-bond acceptors (Lipinski definition) is 5. The van der Waals surface area contributed by atoms with Gasteiger partial charge >= 0.3 is 0 Å². The maximum Gasteiger partial charge on any atom is 0.255 e. The molecule has 0 unspecified atom stereocenters. The highest BCUT2D eigenvalue weighted by Crippen LogP contribution is 2.35. The average molecular weight is 414 g/mol. The Hall–Kier alpha value is -2.55. The summed E-state index contributed by atoms with van der Waals surface area (Å²) in [5.74, 6) is 0.630. The van der Waals surface area contributed by atoms with Gasteiger partial charge in [0.05, 0.1) is 0 Å². The lowest BCUT2D eigenvalue weighted by Gasteiger charge is -2.43. The molecule has 2 bridgehead atoms. The van der Waals surface area contributed by atoms with E-state index in [1.807, 2.05) is 31.1 Å². The van der Waals surface area contributed by atoms with Gasteiger partial charge in [-0.2, -0.15) is 0 Å². The highest BCUT2D eigenvalue weighted by atomic mass is 19.1. The molecule has 30 heavy (non-hydrogen) atoms. The number of aromatic nitrogens is 4. The summed E-state index contributed by atoms with van der Waals surface area (Å²) in [6.07, 6.45) is 4.46. The van der Waals surface area contributed by atoms with E-state index in [0.29, 0.717) is 64.6 Å². The van der Waals surface area contributed by atoms with Crippen molar-refractivity contribution >= 4 is 5.91 Å². The molecule has 0 aliphatic carbocycles. The van der Waals surface area contributed by atoms with E-state index < -0.39 is 6.17 Å². The van der Waals surface area contributed by atoms with Crippen LogP contribution in [0, 0.1) is 5.92 Å². The van der Waals surface area contributed by atoms with Gasteiger partial charge in [0.1, 0.15) is 18.8 Å². The van der Waals surface area contributed by atoms with Crippen molar-refractivity contribution in [3.63, 3.8) is 0 Å². The predicted molar refractivity (Wildman–Crippen MR) is 108 cm³/mol. The number of halogens is 1. The third-order valence-electron chi connectivity index (χ3n) is 6.70. The SMILES string of the molecule is O=C(CCn1cnnc1)N1C[C@@H]2C[C@H](C1)c1ccc(CN3CC[C@H](F)C3)c(=O)n1C2. The van der Waals surface area contributed by atoms with Crippen LogP contribution in [0.25, 0.3) is 0 Å².